The number of nitrogens with one attached hydrogen (secondary N) is 1. The van der Waals surface area contributed by atoms with Crippen molar-refractivity contribution >= 4 is 16.9 Å². The Bertz CT molecular complexity index is 669. The third kappa shape index (κ3) is 1.92. The molecule has 0 spiro atoms. The minimum atomic E-state index is -0.856. The zero-order chi connectivity index (χ0) is 14.4. The zero-order valence-electron chi connectivity index (χ0n) is 12.2. The van der Waals surface area contributed by atoms with Crippen LogP contribution in [0, 0.1) is 5.92 Å². The summed E-state index contributed by atoms with van der Waals surface area (Å²) in [7, 11) is 0. The van der Waals surface area contributed by atoms with Gasteiger partial charge in [-0.2, -0.15) is 0 Å². The molecule has 0 amide bonds. The number of carboxylic acids is 1. The van der Waals surface area contributed by atoms with Crippen LogP contribution in [-0.4, -0.2) is 16.1 Å². The molecule has 106 valence electrons. The van der Waals surface area contributed by atoms with Crippen molar-refractivity contribution in [1.29, 1.82) is 0 Å². The van der Waals surface area contributed by atoms with E-state index in [-0.39, 0.29) is 0 Å². The normalized spacial score (nSPS) is 22.2. The SMILES string of the molecule is CC1CCC(C(C)C)c2[nH]c3ccc(C(=O)O)cc3c21. The molecule has 20 heavy (non-hydrogen) atoms. The molecule has 0 saturated heterocycles. The summed E-state index contributed by atoms with van der Waals surface area (Å²) in [4.78, 5) is 14.7. The summed E-state index contributed by atoms with van der Waals surface area (Å²) < 4.78 is 0. The first-order valence-corrected chi connectivity index (χ1v) is 7.37. The second kappa shape index (κ2) is 4.65. The van der Waals surface area contributed by atoms with Crippen LogP contribution in [0.3, 0.4) is 0 Å². The van der Waals surface area contributed by atoms with Gasteiger partial charge in [-0.3, -0.25) is 0 Å². The van der Waals surface area contributed by atoms with Gasteiger partial charge in [-0.05, 0) is 48.4 Å². The van der Waals surface area contributed by atoms with Gasteiger partial charge in [-0.1, -0.05) is 20.8 Å². The maximum atomic E-state index is 11.2. The molecule has 0 bridgehead atoms. The Kier molecular flexibility index (Phi) is 3.08. The van der Waals surface area contributed by atoms with E-state index in [0.717, 1.165) is 10.9 Å². The molecular weight excluding hydrogens is 250 g/mol. The fraction of sp³-hybridized carbons (Fsp3) is 0.471. The number of benzene rings is 1. The van der Waals surface area contributed by atoms with Gasteiger partial charge in [0, 0.05) is 22.5 Å². The average molecular weight is 271 g/mol. The Morgan fingerprint density at radius 3 is 2.75 bits per heavy atom. The van der Waals surface area contributed by atoms with E-state index in [0.29, 0.717) is 23.3 Å². The Morgan fingerprint density at radius 2 is 2.10 bits per heavy atom. The number of fused-ring (bicyclic) bond motifs is 3. The zero-order valence-corrected chi connectivity index (χ0v) is 12.2. The summed E-state index contributed by atoms with van der Waals surface area (Å²) in [5.74, 6) is 0.804. The van der Waals surface area contributed by atoms with Crippen LogP contribution in [0.5, 0.6) is 0 Å². The third-order valence-electron chi connectivity index (χ3n) is 4.70. The van der Waals surface area contributed by atoms with Crippen molar-refractivity contribution in [3.8, 4) is 0 Å². The van der Waals surface area contributed by atoms with Crippen LogP contribution < -0.4 is 0 Å². The molecule has 2 atom stereocenters. The molecule has 2 aromatic rings. The van der Waals surface area contributed by atoms with Gasteiger partial charge in [0.2, 0.25) is 0 Å². The molecule has 3 heteroatoms. The molecule has 0 fully saturated rings. The standard InChI is InChI=1S/C17H21NO2/c1-9(2)12-6-4-10(3)15-13-8-11(17(19)20)5-7-14(13)18-16(12)15/h5,7-10,12,18H,4,6H2,1-3H3,(H,19,20). The summed E-state index contributed by atoms with van der Waals surface area (Å²) >= 11 is 0. The van der Waals surface area contributed by atoms with E-state index in [1.807, 2.05) is 12.1 Å². The second-order valence-electron chi connectivity index (χ2n) is 6.35. The van der Waals surface area contributed by atoms with Gasteiger partial charge < -0.3 is 10.1 Å². The van der Waals surface area contributed by atoms with Gasteiger partial charge in [0.05, 0.1) is 5.56 Å². The quantitative estimate of drug-likeness (QED) is 0.844. The van der Waals surface area contributed by atoms with E-state index in [4.69, 9.17) is 0 Å². The largest absolute Gasteiger partial charge is 0.478 e. The van der Waals surface area contributed by atoms with Crippen molar-refractivity contribution in [3.05, 3.63) is 35.0 Å². The van der Waals surface area contributed by atoms with E-state index in [1.54, 1.807) is 6.07 Å². The van der Waals surface area contributed by atoms with E-state index < -0.39 is 5.97 Å². The van der Waals surface area contributed by atoms with Gasteiger partial charge >= 0.3 is 5.97 Å². The number of aromatic nitrogens is 1. The first-order valence-electron chi connectivity index (χ1n) is 7.37. The molecule has 0 aliphatic heterocycles. The highest BCUT2D eigenvalue weighted by Gasteiger charge is 2.30. The smallest absolute Gasteiger partial charge is 0.335 e. The summed E-state index contributed by atoms with van der Waals surface area (Å²) in [6.07, 6.45) is 2.39. The Balaban J connectivity index is 2.24. The predicted octanol–water partition coefficient (Wildman–Crippen LogP) is 4.50. The van der Waals surface area contributed by atoms with E-state index >= 15 is 0 Å². The van der Waals surface area contributed by atoms with Crippen LogP contribution in [0.2, 0.25) is 0 Å². The van der Waals surface area contributed by atoms with Crippen LogP contribution in [0.1, 0.15) is 67.1 Å². The summed E-state index contributed by atoms with van der Waals surface area (Å²) in [6.45, 7) is 6.77. The van der Waals surface area contributed by atoms with Gasteiger partial charge in [0.25, 0.3) is 0 Å². The fourth-order valence-corrected chi connectivity index (χ4v) is 3.57. The van der Waals surface area contributed by atoms with E-state index in [9.17, 15) is 9.90 Å². The van der Waals surface area contributed by atoms with Crippen molar-refractivity contribution in [2.24, 2.45) is 5.92 Å². The lowest BCUT2D eigenvalue weighted by Gasteiger charge is -2.29. The summed E-state index contributed by atoms with van der Waals surface area (Å²) in [5, 5.41) is 10.3. The van der Waals surface area contributed by atoms with Gasteiger partial charge in [0.1, 0.15) is 0 Å². The number of hydrogen-bond acceptors (Lipinski definition) is 1. The maximum absolute atomic E-state index is 11.2. The number of aromatic amines is 1. The van der Waals surface area contributed by atoms with Crippen LogP contribution in [0.15, 0.2) is 18.2 Å². The van der Waals surface area contributed by atoms with Crippen molar-refractivity contribution in [3.63, 3.8) is 0 Å². The lowest BCUT2D eigenvalue weighted by atomic mass is 9.76. The summed E-state index contributed by atoms with van der Waals surface area (Å²) in [6, 6.07) is 5.41. The number of carboxylic acid groups (broad SMARTS) is 1. The second-order valence-corrected chi connectivity index (χ2v) is 6.35. The first kappa shape index (κ1) is 13.2. The number of rotatable bonds is 2. The molecule has 2 unspecified atom stereocenters. The van der Waals surface area contributed by atoms with Crippen LogP contribution in [0.4, 0.5) is 0 Å². The van der Waals surface area contributed by atoms with E-state index in [1.165, 1.54) is 24.1 Å². The van der Waals surface area contributed by atoms with Crippen LogP contribution in [0.25, 0.3) is 10.9 Å². The number of hydrogen-bond donors (Lipinski definition) is 2. The number of H-pyrrole nitrogens is 1. The summed E-state index contributed by atoms with van der Waals surface area (Å²) in [5.41, 5.74) is 4.11. The Hall–Kier alpha value is -1.77. The Morgan fingerprint density at radius 1 is 1.35 bits per heavy atom. The molecule has 1 aliphatic carbocycles. The minimum absolute atomic E-state index is 0.373. The van der Waals surface area contributed by atoms with Crippen molar-refractivity contribution in [2.75, 3.05) is 0 Å². The van der Waals surface area contributed by atoms with Gasteiger partial charge in [-0.25, -0.2) is 4.79 Å². The van der Waals surface area contributed by atoms with Crippen LogP contribution in [-0.2, 0) is 0 Å². The molecule has 2 N–H and O–H groups in total. The minimum Gasteiger partial charge on any atom is -0.478 e. The van der Waals surface area contributed by atoms with Crippen molar-refractivity contribution in [1.82, 2.24) is 4.98 Å². The number of carbonyl (C=O) groups is 1. The van der Waals surface area contributed by atoms with Gasteiger partial charge in [-0.15, -0.1) is 0 Å². The molecule has 1 aromatic carbocycles. The average Bonchev–Trinajstić information content (AvgIpc) is 2.77. The molecule has 1 heterocycles. The molecule has 0 saturated carbocycles. The maximum Gasteiger partial charge on any atom is 0.335 e. The van der Waals surface area contributed by atoms with Gasteiger partial charge in [0.15, 0.2) is 0 Å². The Labute approximate surface area is 119 Å². The number of aromatic carboxylic acids is 1. The predicted molar refractivity (Wildman–Crippen MR) is 80.5 cm³/mol. The highest BCUT2D eigenvalue weighted by molar-refractivity contribution is 5.95. The van der Waals surface area contributed by atoms with Crippen molar-refractivity contribution in [2.45, 2.75) is 45.4 Å². The highest BCUT2D eigenvalue weighted by Crippen LogP contribution is 2.45. The molecule has 0 radical (unpaired) electrons. The third-order valence-corrected chi connectivity index (χ3v) is 4.70. The fourth-order valence-electron chi connectivity index (χ4n) is 3.57. The lowest BCUT2D eigenvalue weighted by molar-refractivity contribution is 0.0697. The topological polar surface area (TPSA) is 53.1 Å². The molecule has 1 aliphatic rings. The van der Waals surface area contributed by atoms with Crippen LogP contribution >= 0.6 is 0 Å². The molecule has 3 nitrogen and oxygen atoms in total. The first-order chi connectivity index (χ1) is 9.49. The molecule has 3 rings (SSSR count). The lowest BCUT2D eigenvalue weighted by Crippen LogP contribution is -2.16. The van der Waals surface area contributed by atoms with Crippen molar-refractivity contribution < 1.29 is 9.90 Å². The highest BCUT2D eigenvalue weighted by atomic mass is 16.4. The molecule has 1 aromatic heterocycles. The molecular formula is C17H21NO2. The van der Waals surface area contributed by atoms with E-state index in [2.05, 4.69) is 25.8 Å². The monoisotopic (exact) mass is 271 g/mol.